The van der Waals surface area contributed by atoms with Crippen molar-refractivity contribution in [1.82, 2.24) is 5.32 Å². The van der Waals surface area contributed by atoms with Crippen LogP contribution in [0.3, 0.4) is 0 Å². The molecule has 0 aliphatic carbocycles. The van der Waals surface area contributed by atoms with E-state index in [0.717, 1.165) is 12.2 Å². The van der Waals surface area contributed by atoms with Crippen molar-refractivity contribution in [2.24, 2.45) is 0 Å². The third-order valence-corrected chi connectivity index (χ3v) is 3.48. The van der Waals surface area contributed by atoms with Gasteiger partial charge in [0, 0.05) is 6.42 Å². The lowest BCUT2D eigenvalue weighted by Crippen LogP contribution is -2.37. The van der Waals surface area contributed by atoms with E-state index in [-0.39, 0.29) is 0 Å². The van der Waals surface area contributed by atoms with E-state index < -0.39 is 12.0 Å². The minimum Gasteiger partial charge on any atom is -0.493 e. The molecular weight excluding hydrogens is 254 g/mol. The molecule has 0 aromatic heterocycles. The molecule has 1 aromatic rings. The van der Waals surface area contributed by atoms with Gasteiger partial charge in [-0.3, -0.25) is 4.79 Å². The minimum absolute atomic E-state index is 0.400. The number of hydrogen-bond acceptors (Lipinski definition) is 3. The summed E-state index contributed by atoms with van der Waals surface area (Å²) >= 11 is 0. The van der Waals surface area contributed by atoms with Crippen LogP contribution in [-0.2, 0) is 4.79 Å². The summed E-state index contributed by atoms with van der Waals surface area (Å²) in [6.07, 6.45) is 1.51. The van der Waals surface area contributed by atoms with Crippen molar-refractivity contribution in [2.75, 3.05) is 13.2 Å². The molecule has 0 spiro atoms. The van der Waals surface area contributed by atoms with Crippen LogP contribution in [-0.4, -0.2) is 30.3 Å². The standard InChI is InChI=1S/C16H25NO3/c1-4-12(3)13-8-6-7-9-15(13)20-11-10-14(16(18)19)17-5-2/h6-9,12,14,17H,4-5,10-11H2,1-3H3,(H,18,19). The summed E-state index contributed by atoms with van der Waals surface area (Å²) < 4.78 is 5.78. The van der Waals surface area contributed by atoms with E-state index in [1.54, 1.807) is 0 Å². The number of likely N-dealkylation sites (N-methyl/N-ethyl adjacent to an activating group) is 1. The molecule has 0 saturated carbocycles. The molecule has 0 bridgehead atoms. The first-order valence-corrected chi connectivity index (χ1v) is 7.28. The Balaban J connectivity index is 2.59. The molecule has 1 rings (SSSR count). The number of carbonyl (C=O) groups is 1. The van der Waals surface area contributed by atoms with Crippen LogP contribution in [0.1, 0.15) is 45.1 Å². The van der Waals surface area contributed by atoms with Gasteiger partial charge in [-0.25, -0.2) is 0 Å². The van der Waals surface area contributed by atoms with E-state index in [1.807, 2.05) is 25.1 Å². The van der Waals surface area contributed by atoms with E-state index in [4.69, 9.17) is 9.84 Å². The molecule has 0 fully saturated rings. The van der Waals surface area contributed by atoms with Gasteiger partial charge in [0.15, 0.2) is 0 Å². The first-order chi connectivity index (χ1) is 9.60. The Morgan fingerprint density at radius 2 is 2.05 bits per heavy atom. The maximum absolute atomic E-state index is 11.0. The molecule has 2 unspecified atom stereocenters. The first-order valence-electron chi connectivity index (χ1n) is 7.28. The van der Waals surface area contributed by atoms with Gasteiger partial charge in [0.2, 0.25) is 0 Å². The van der Waals surface area contributed by atoms with Crippen LogP contribution >= 0.6 is 0 Å². The molecule has 1 aromatic carbocycles. The first kappa shape index (κ1) is 16.5. The molecule has 4 heteroatoms. The largest absolute Gasteiger partial charge is 0.493 e. The molecule has 0 radical (unpaired) electrons. The van der Waals surface area contributed by atoms with Gasteiger partial charge >= 0.3 is 5.97 Å². The van der Waals surface area contributed by atoms with Crippen LogP contribution in [0.2, 0.25) is 0 Å². The second-order valence-corrected chi connectivity index (χ2v) is 4.93. The number of rotatable bonds is 9. The minimum atomic E-state index is -0.828. The van der Waals surface area contributed by atoms with Gasteiger partial charge in [0.1, 0.15) is 11.8 Å². The zero-order valence-electron chi connectivity index (χ0n) is 12.6. The Kier molecular flexibility index (Phi) is 7.09. The van der Waals surface area contributed by atoms with Crippen molar-refractivity contribution in [3.05, 3.63) is 29.8 Å². The highest BCUT2D eigenvalue weighted by molar-refractivity contribution is 5.73. The zero-order valence-corrected chi connectivity index (χ0v) is 12.6. The fraction of sp³-hybridized carbons (Fsp3) is 0.562. The second kappa shape index (κ2) is 8.59. The summed E-state index contributed by atoms with van der Waals surface area (Å²) in [4.78, 5) is 11.0. The highest BCUT2D eigenvalue weighted by Crippen LogP contribution is 2.28. The van der Waals surface area contributed by atoms with Gasteiger partial charge in [-0.1, -0.05) is 39.0 Å². The number of carboxylic acid groups (broad SMARTS) is 1. The van der Waals surface area contributed by atoms with Crippen LogP contribution in [0.25, 0.3) is 0 Å². The fourth-order valence-electron chi connectivity index (χ4n) is 2.08. The molecule has 0 saturated heterocycles. The highest BCUT2D eigenvalue weighted by Gasteiger charge is 2.16. The van der Waals surface area contributed by atoms with E-state index in [0.29, 0.717) is 25.5 Å². The summed E-state index contributed by atoms with van der Waals surface area (Å²) in [7, 11) is 0. The fourth-order valence-corrected chi connectivity index (χ4v) is 2.08. The molecule has 112 valence electrons. The second-order valence-electron chi connectivity index (χ2n) is 4.93. The SMILES string of the molecule is CCNC(CCOc1ccccc1C(C)CC)C(=O)O. The van der Waals surface area contributed by atoms with Gasteiger partial charge < -0.3 is 15.2 Å². The number of carboxylic acids is 1. The summed E-state index contributed by atoms with van der Waals surface area (Å²) in [6.45, 7) is 7.25. The zero-order chi connectivity index (χ0) is 15.0. The smallest absolute Gasteiger partial charge is 0.320 e. The molecule has 0 heterocycles. The quantitative estimate of drug-likeness (QED) is 0.729. The number of para-hydroxylation sites is 1. The van der Waals surface area contributed by atoms with E-state index in [9.17, 15) is 4.79 Å². The monoisotopic (exact) mass is 279 g/mol. The van der Waals surface area contributed by atoms with Gasteiger partial charge in [0.05, 0.1) is 6.61 Å². The van der Waals surface area contributed by atoms with Crippen molar-refractivity contribution < 1.29 is 14.6 Å². The van der Waals surface area contributed by atoms with Gasteiger partial charge in [-0.05, 0) is 30.5 Å². The van der Waals surface area contributed by atoms with Crippen molar-refractivity contribution in [2.45, 2.75) is 45.6 Å². The molecule has 2 N–H and O–H groups in total. The van der Waals surface area contributed by atoms with Crippen LogP contribution in [0.5, 0.6) is 5.75 Å². The van der Waals surface area contributed by atoms with Crippen LogP contribution in [0, 0.1) is 0 Å². The van der Waals surface area contributed by atoms with Crippen molar-refractivity contribution in [3.8, 4) is 5.75 Å². The van der Waals surface area contributed by atoms with Crippen LogP contribution in [0.4, 0.5) is 0 Å². The van der Waals surface area contributed by atoms with E-state index >= 15 is 0 Å². The third kappa shape index (κ3) is 4.85. The van der Waals surface area contributed by atoms with Crippen molar-refractivity contribution in [1.29, 1.82) is 0 Å². The Hall–Kier alpha value is -1.55. The summed E-state index contributed by atoms with van der Waals surface area (Å²) in [5.74, 6) is 0.475. The van der Waals surface area contributed by atoms with Gasteiger partial charge in [-0.15, -0.1) is 0 Å². The number of hydrogen-bond donors (Lipinski definition) is 2. The highest BCUT2D eigenvalue weighted by atomic mass is 16.5. The number of ether oxygens (including phenoxy) is 1. The average molecular weight is 279 g/mol. The van der Waals surface area contributed by atoms with Gasteiger partial charge in [0.25, 0.3) is 0 Å². The third-order valence-electron chi connectivity index (χ3n) is 3.48. The lowest BCUT2D eigenvalue weighted by molar-refractivity contribution is -0.139. The molecule has 0 amide bonds. The van der Waals surface area contributed by atoms with Crippen molar-refractivity contribution >= 4 is 5.97 Å². The number of aliphatic carboxylic acids is 1. The topological polar surface area (TPSA) is 58.6 Å². The Bertz CT molecular complexity index is 420. The summed E-state index contributed by atoms with van der Waals surface area (Å²) in [5, 5.41) is 12.0. The van der Waals surface area contributed by atoms with Crippen LogP contribution in [0.15, 0.2) is 24.3 Å². The summed E-state index contributed by atoms with van der Waals surface area (Å²) in [6, 6.07) is 7.43. The van der Waals surface area contributed by atoms with Crippen LogP contribution < -0.4 is 10.1 Å². The van der Waals surface area contributed by atoms with E-state index in [1.165, 1.54) is 5.56 Å². The normalized spacial score (nSPS) is 13.8. The molecular formula is C16H25NO3. The Labute approximate surface area is 121 Å². The summed E-state index contributed by atoms with van der Waals surface area (Å²) in [5.41, 5.74) is 1.19. The molecule has 0 aliphatic rings. The van der Waals surface area contributed by atoms with E-state index in [2.05, 4.69) is 25.2 Å². The number of benzene rings is 1. The Morgan fingerprint density at radius 1 is 1.35 bits per heavy atom. The Morgan fingerprint density at radius 3 is 2.65 bits per heavy atom. The molecule has 20 heavy (non-hydrogen) atoms. The lowest BCUT2D eigenvalue weighted by Gasteiger charge is -2.17. The lowest BCUT2D eigenvalue weighted by atomic mass is 9.98. The van der Waals surface area contributed by atoms with Crippen molar-refractivity contribution in [3.63, 3.8) is 0 Å². The molecule has 4 nitrogen and oxygen atoms in total. The maximum atomic E-state index is 11.0. The van der Waals surface area contributed by atoms with Gasteiger partial charge in [-0.2, -0.15) is 0 Å². The average Bonchev–Trinajstić information content (AvgIpc) is 2.45. The molecule has 0 aliphatic heterocycles. The predicted molar refractivity (Wildman–Crippen MR) is 80.4 cm³/mol. The number of nitrogens with one attached hydrogen (secondary N) is 1. The predicted octanol–water partition coefficient (Wildman–Crippen LogP) is 3.03. The molecule has 2 atom stereocenters. The maximum Gasteiger partial charge on any atom is 0.320 e.